The van der Waals surface area contributed by atoms with Crippen LogP contribution in [0.3, 0.4) is 0 Å². The van der Waals surface area contributed by atoms with E-state index in [0.717, 1.165) is 5.69 Å². The van der Waals surface area contributed by atoms with Gasteiger partial charge in [0.15, 0.2) is 11.4 Å². The van der Waals surface area contributed by atoms with Crippen molar-refractivity contribution >= 4 is 16.9 Å². The summed E-state index contributed by atoms with van der Waals surface area (Å²) in [5.74, 6) is 0. The standard InChI is InChI=1S/C8H9N5S/c1-14-8(11-6-9)10-5-7-3-2-4-12-13-7/h2-4H,5H2,1H3,(H,10,11). The average Bonchev–Trinajstić information content (AvgIpc) is 2.25. The lowest BCUT2D eigenvalue weighted by atomic mass is 10.4. The maximum Gasteiger partial charge on any atom is 0.183 e. The number of hydrogen-bond acceptors (Lipinski definition) is 5. The molecule has 0 aliphatic carbocycles. The van der Waals surface area contributed by atoms with Crippen LogP contribution in [0.5, 0.6) is 0 Å². The summed E-state index contributed by atoms with van der Waals surface area (Å²) in [6.07, 6.45) is 5.27. The fourth-order valence-corrected chi connectivity index (χ4v) is 1.11. The molecule has 0 spiro atoms. The lowest BCUT2D eigenvalue weighted by Crippen LogP contribution is -2.13. The summed E-state index contributed by atoms with van der Waals surface area (Å²) in [5.41, 5.74) is 0.777. The highest BCUT2D eigenvalue weighted by atomic mass is 32.2. The van der Waals surface area contributed by atoms with Gasteiger partial charge < -0.3 is 0 Å². The molecule has 1 heterocycles. The third-order valence-electron chi connectivity index (χ3n) is 1.37. The van der Waals surface area contributed by atoms with Crippen LogP contribution in [0.1, 0.15) is 5.69 Å². The molecule has 0 saturated carbocycles. The summed E-state index contributed by atoms with van der Waals surface area (Å²) >= 11 is 1.38. The van der Waals surface area contributed by atoms with Gasteiger partial charge in [0.05, 0.1) is 12.2 Å². The maximum absolute atomic E-state index is 8.38. The van der Waals surface area contributed by atoms with E-state index in [1.165, 1.54) is 11.8 Å². The van der Waals surface area contributed by atoms with E-state index in [1.54, 1.807) is 12.3 Å². The van der Waals surface area contributed by atoms with Crippen LogP contribution in [0.25, 0.3) is 0 Å². The molecule has 5 nitrogen and oxygen atoms in total. The Hall–Kier alpha value is -1.61. The molecular formula is C8H9N5S. The zero-order valence-electron chi connectivity index (χ0n) is 7.64. The molecule has 0 atom stereocenters. The molecule has 6 heteroatoms. The van der Waals surface area contributed by atoms with Crippen LogP contribution in [0.2, 0.25) is 0 Å². The van der Waals surface area contributed by atoms with Crippen molar-refractivity contribution in [2.24, 2.45) is 4.99 Å². The highest BCUT2D eigenvalue weighted by Gasteiger charge is 1.95. The Kier molecular flexibility index (Phi) is 4.44. The van der Waals surface area contributed by atoms with Crippen molar-refractivity contribution in [3.05, 3.63) is 24.0 Å². The lowest BCUT2D eigenvalue weighted by molar-refractivity contribution is 0.897. The molecule has 0 bridgehead atoms. The maximum atomic E-state index is 8.38. The summed E-state index contributed by atoms with van der Waals surface area (Å²) in [5, 5.41) is 19.0. The quantitative estimate of drug-likeness (QED) is 0.335. The highest BCUT2D eigenvalue weighted by molar-refractivity contribution is 8.13. The number of nitriles is 1. The molecule has 1 rings (SSSR count). The van der Waals surface area contributed by atoms with Crippen LogP contribution in [-0.2, 0) is 6.54 Å². The summed E-state index contributed by atoms with van der Waals surface area (Å²) in [6.45, 7) is 0.429. The largest absolute Gasteiger partial charge is 0.272 e. The molecule has 0 saturated heterocycles. The molecule has 0 unspecified atom stereocenters. The van der Waals surface area contributed by atoms with Gasteiger partial charge in [-0.3, -0.25) is 10.3 Å². The van der Waals surface area contributed by atoms with Crippen molar-refractivity contribution in [3.63, 3.8) is 0 Å². The predicted molar refractivity (Wildman–Crippen MR) is 55.4 cm³/mol. The minimum Gasteiger partial charge on any atom is -0.272 e. The van der Waals surface area contributed by atoms with E-state index in [4.69, 9.17) is 5.26 Å². The zero-order valence-corrected chi connectivity index (χ0v) is 8.45. The molecule has 1 aromatic heterocycles. The molecule has 1 N–H and O–H groups in total. The third kappa shape index (κ3) is 3.41. The third-order valence-corrected chi connectivity index (χ3v) is 1.99. The summed E-state index contributed by atoms with van der Waals surface area (Å²) in [7, 11) is 0. The van der Waals surface area contributed by atoms with Crippen LogP contribution in [0.15, 0.2) is 23.3 Å². The topological polar surface area (TPSA) is 74.0 Å². The molecule has 72 valence electrons. The first-order valence-electron chi connectivity index (χ1n) is 3.87. The second-order valence-corrected chi connectivity index (χ2v) is 3.07. The van der Waals surface area contributed by atoms with E-state index >= 15 is 0 Å². The first kappa shape index (κ1) is 10.5. The van der Waals surface area contributed by atoms with Gasteiger partial charge in [0.2, 0.25) is 0 Å². The Balaban J connectivity index is 2.58. The van der Waals surface area contributed by atoms with E-state index in [0.29, 0.717) is 11.7 Å². The number of aromatic nitrogens is 2. The van der Waals surface area contributed by atoms with Gasteiger partial charge >= 0.3 is 0 Å². The Morgan fingerprint density at radius 1 is 1.79 bits per heavy atom. The lowest BCUT2D eigenvalue weighted by Gasteiger charge is -1.98. The molecule has 0 aromatic carbocycles. The van der Waals surface area contributed by atoms with E-state index in [1.807, 2.05) is 18.5 Å². The normalized spacial score (nSPS) is 10.7. The van der Waals surface area contributed by atoms with Crippen molar-refractivity contribution < 1.29 is 0 Å². The Labute approximate surface area is 86.3 Å². The number of nitrogens with zero attached hydrogens (tertiary/aromatic N) is 4. The van der Waals surface area contributed by atoms with Gasteiger partial charge in [-0.2, -0.15) is 15.5 Å². The Morgan fingerprint density at radius 3 is 3.21 bits per heavy atom. The molecule has 0 aliphatic rings. The Bertz CT molecular complexity index is 342. The van der Waals surface area contributed by atoms with Crippen molar-refractivity contribution in [3.8, 4) is 6.19 Å². The van der Waals surface area contributed by atoms with Crippen molar-refractivity contribution in [1.82, 2.24) is 15.5 Å². The zero-order chi connectivity index (χ0) is 10.2. The molecular weight excluding hydrogens is 198 g/mol. The summed E-state index contributed by atoms with van der Waals surface area (Å²) in [6, 6.07) is 3.63. The molecule has 14 heavy (non-hydrogen) atoms. The molecule has 0 amide bonds. The smallest absolute Gasteiger partial charge is 0.183 e. The second kappa shape index (κ2) is 5.94. The van der Waals surface area contributed by atoms with Gasteiger partial charge in [0.1, 0.15) is 0 Å². The fourth-order valence-electron chi connectivity index (χ4n) is 0.773. The van der Waals surface area contributed by atoms with Crippen LogP contribution < -0.4 is 5.32 Å². The van der Waals surface area contributed by atoms with Crippen molar-refractivity contribution in [2.45, 2.75) is 6.54 Å². The van der Waals surface area contributed by atoms with Gasteiger partial charge in [-0.05, 0) is 18.4 Å². The van der Waals surface area contributed by atoms with Crippen LogP contribution >= 0.6 is 11.8 Å². The first-order chi connectivity index (χ1) is 6.86. The molecule has 1 aromatic rings. The number of thioether (sulfide) groups is 1. The van der Waals surface area contributed by atoms with E-state index < -0.39 is 0 Å². The van der Waals surface area contributed by atoms with E-state index in [2.05, 4.69) is 20.5 Å². The van der Waals surface area contributed by atoms with Crippen molar-refractivity contribution in [1.29, 1.82) is 5.26 Å². The summed E-state index contributed by atoms with van der Waals surface area (Å²) in [4.78, 5) is 4.15. The van der Waals surface area contributed by atoms with E-state index in [9.17, 15) is 0 Å². The highest BCUT2D eigenvalue weighted by Crippen LogP contribution is 1.99. The van der Waals surface area contributed by atoms with Crippen molar-refractivity contribution in [2.75, 3.05) is 6.26 Å². The summed E-state index contributed by atoms with van der Waals surface area (Å²) < 4.78 is 0. The van der Waals surface area contributed by atoms with Gasteiger partial charge in [-0.25, -0.2) is 0 Å². The number of hydrogen-bond donors (Lipinski definition) is 1. The minimum atomic E-state index is 0.429. The minimum absolute atomic E-state index is 0.429. The number of rotatable bonds is 2. The van der Waals surface area contributed by atoms with Crippen LogP contribution in [0.4, 0.5) is 0 Å². The number of nitrogens with one attached hydrogen (secondary N) is 1. The molecule has 0 aliphatic heterocycles. The van der Waals surface area contributed by atoms with Crippen LogP contribution in [0, 0.1) is 11.5 Å². The number of aliphatic imine (C=N–C) groups is 1. The monoisotopic (exact) mass is 207 g/mol. The van der Waals surface area contributed by atoms with E-state index in [-0.39, 0.29) is 0 Å². The van der Waals surface area contributed by atoms with Crippen LogP contribution in [-0.4, -0.2) is 21.6 Å². The first-order valence-corrected chi connectivity index (χ1v) is 5.09. The molecule has 0 radical (unpaired) electrons. The SMILES string of the molecule is CSC(=NCc1cccnn1)NC#N. The van der Waals surface area contributed by atoms with Gasteiger partial charge in [0.25, 0.3) is 0 Å². The fraction of sp³-hybridized carbons (Fsp3) is 0.250. The number of amidine groups is 1. The van der Waals surface area contributed by atoms with Gasteiger partial charge in [-0.15, -0.1) is 0 Å². The van der Waals surface area contributed by atoms with Gasteiger partial charge in [-0.1, -0.05) is 11.8 Å². The Morgan fingerprint density at radius 2 is 2.64 bits per heavy atom. The average molecular weight is 207 g/mol. The molecule has 0 fully saturated rings. The van der Waals surface area contributed by atoms with Gasteiger partial charge in [0, 0.05) is 6.20 Å². The second-order valence-electron chi connectivity index (χ2n) is 2.28. The predicted octanol–water partition coefficient (Wildman–Crippen LogP) is 0.766.